The zero-order chi connectivity index (χ0) is 14.5. The number of benzene rings is 1. The van der Waals surface area contributed by atoms with Gasteiger partial charge in [0.1, 0.15) is 0 Å². The summed E-state index contributed by atoms with van der Waals surface area (Å²) in [6, 6.07) is 3.82. The van der Waals surface area contributed by atoms with Gasteiger partial charge in [0.25, 0.3) is 0 Å². The number of hydrogen-bond donors (Lipinski definition) is 1. The average molecular weight is 318 g/mol. The monoisotopic (exact) mass is 317 g/mol. The van der Waals surface area contributed by atoms with Crippen LogP contribution < -0.4 is 19.9 Å². The van der Waals surface area contributed by atoms with Gasteiger partial charge in [-0.15, -0.1) is 12.4 Å². The topological polar surface area (TPSA) is 62.9 Å². The number of hydrogen-bond acceptors (Lipinski definition) is 5. The summed E-state index contributed by atoms with van der Waals surface area (Å²) in [6.45, 7) is 1.56. The maximum atomic E-state index is 6.40. The first-order valence-electron chi connectivity index (χ1n) is 6.84. The van der Waals surface area contributed by atoms with Crippen LogP contribution in [0.3, 0.4) is 0 Å². The number of nitrogens with two attached hydrogens (primary N) is 1. The predicted molar refractivity (Wildman–Crippen MR) is 83.8 cm³/mol. The van der Waals surface area contributed by atoms with Crippen LogP contribution in [0.15, 0.2) is 12.1 Å². The molecule has 1 saturated heterocycles. The average Bonchev–Trinajstić information content (AvgIpc) is 2.53. The van der Waals surface area contributed by atoms with Crippen LogP contribution in [0.25, 0.3) is 0 Å². The SMILES string of the molecule is COc1cc([C@H](N)C2CCOCC2)cc(OC)c1OC.Cl. The molecule has 1 heterocycles. The van der Waals surface area contributed by atoms with Crippen LogP contribution in [0.1, 0.15) is 24.4 Å². The quantitative estimate of drug-likeness (QED) is 0.904. The third-order valence-electron chi connectivity index (χ3n) is 3.85. The molecular formula is C15H24ClNO4. The van der Waals surface area contributed by atoms with E-state index in [1.165, 1.54) is 0 Å². The van der Waals surface area contributed by atoms with Gasteiger partial charge in [-0.25, -0.2) is 0 Å². The van der Waals surface area contributed by atoms with E-state index in [1.54, 1.807) is 21.3 Å². The summed E-state index contributed by atoms with van der Waals surface area (Å²) in [7, 11) is 4.82. The Labute approximate surface area is 132 Å². The van der Waals surface area contributed by atoms with Crippen LogP contribution in [-0.2, 0) is 4.74 Å². The van der Waals surface area contributed by atoms with E-state index in [9.17, 15) is 0 Å². The van der Waals surface area contributed by atoms with E-state index in [2.05, 4.69) is 0 Å². The number of methoxy groups -OCH3 is 3. The fourth-order valence-electron chi connectivity index (χ4n) is 2.64. The molecule has 0 radical (unpaired) electrons. The number of rotatable bonds is 5. The maximum Gasteiger partial charge on any atom is 0.203 e. The minimum absolute atomic E-state index is 0. The lowest BCUT2D eigenvalue weighted by atomic mass is 9.87. The van der Waals surface area contributed by atoms with Crippen LogP contribution in [0.4, 0.5) is 0 Å². The predicted octanol–water partition coefficient (Wildman–Crippen LogP) is 2.56. The molecule has 1 fully saturated rings. The minimum Gasteiger partial charge on any atom is -0.493 e. The molecule has 0 amide bonds. The molecule has 1 aromatic carbocycles. The second-order valence-corrected chi connectivity index (χ2v) is 4.93. The highest BCUT2D eigenvalue weighted by molar-refractivity contribution is 5.85. The standard InChI is InChI=1S/C15H23NO4.ClH/c1-17-12-8-11(9-13(18-2)15(12)19-3)14(16)10-4-6-20-7-5-10;/h8-10,14H,4-7,16H2,1-3H3;1H/t14-;/m1./s1. The lowest BCUT2D eigenvalue weighted by Crippen LogP contribution is -2.27. The molecule has 1 aromatic rings. The molecule has 0 aliphatic carbocycles. The fourth-order valence-corrected chi connectivity index (χ4v) is 2.64. The van der Waals surface area contributed by atoms with Gasteiger partial charge in [0, 0.05) is 19.3 Å². The van der Waals surface area contributed by atoms with Crippen LogP contribution >= 0.6 is 12.4 Å². The Bertz CT molecular complexity index is 424. The van der Waals surface area contributed by atoms with Crippen molar-refractivity contribution in [2.75, 3.05) is 34.5 Å². The normalized spacial score (nSPS) is 16.8. The first-order valence-corrected chi connectivity index (χ1v) is 6.84. The van der Waals surface area contributed by atoms with Crippen molar-refractivity contribution in [3.63, 3.8) is 0 Å². The van der Waals surface area contributed by atoms with Crippen LogP contribution in [0, 0.1) is 5.92 Å². The van der Waals surface area contributed by atoms with Crippen LogP contribution in [-0.4, -0.2) is 34.5 Å². The third-order valence-corrected chi connectivity index (χ3v) is 3.85. The van der Waals surface area contributed by atoms with E-state index in [-0.39, 0.29) is 18.4 Å². The van der Waals surface area contributed by atoms with Crippen molar-refractivity contribution >= 4 is 12.4 Å². The number of halogens is 1. The van der Waals surface area contributed by atoms with Gasteiger partial charge in [-0.3, -0.25) is 0 Å². The van der Waals surface area contributed by atoms with Crippen LogP contribution in [0.5, 0.6) is 17.2 Å². The highest BCUT2D eigenvalue weighted by Crippen LogP contribution is 2.41. The molecule has 1 atom stereocenters. The third kappa shape index (κ3) is 3.93. The van der Waals surface area contributed by atoms with Crippen molar-refractivity contribution in [2.45, 2.75) is 18.9 Å². The second-order valence-electron chi connectivity index (χ2n) is 4.93. The summed E-state index contributed by atoms with van der Waals surface area (Å²) in [5.74, 6) is 2.30. The Morgan fingerprint density at radius 2 is 1.57 bits per heavy atom. The summed E-state index contributed by atoms with van der Waals surface area (Å²) in [6.07, 6.45) is 1.97. The zero-order valence-electron chi connectivity index (χ0n) is 12.8. The zero-order valence-corrected chi connectivity index (χ0v) is 13.6. The largest absolute Gasteiger partial charge is 0.493 e. The van der Waals surface area contributed by atoms with Gasteiger partial charge in [-0.1, -0.05) is 0 Å². The van der Waals surface area contributed by atoms with E-state index in [0.717, 1.165) is 31.6 Å². The summed E-state index contributed by atoms with van der Waals surface area (Å²) in [5.41, 5.74) is 7.41. The van der Waals surface area contributed by atoms with Gasteiger partial charge in [0.15, 0.2) is 11.5 Å². The van der Waals surface area contributed by atoms with Crippen molar-refractivity contribution in [2.24, 2.45) is 11.7 Å². The Hall–Kier alpha value is -1.17. The molecule has 0 spiro atoms. The minimum atomic E-state index is -0.0485. The molecule has 2 N–H and O–H groups in total. The molecule has 0 bridgehead atoms. The molecule has 21 heavy (non-hydrogen) atoms. The first kappa shape index (κ1) is 17.9. The van der Waals surface area contributed by atoms with Gasteiger partial charge >= 0.3 is 0 Å². The smallest absolute Gasteiger partial charge is 0.203 e. The van der Waals surface area contributed by atoms with Crippen molar-refractivity contribution in [3.8, 4) is 17.2 Å². The molecule has 0 aromatic heterocycles. The molecule has 0 saturated carbocycles. The van der Waals surface area contributed by atoms with E-state index >= 15 is 0 Å². The Morgan fingerprint density at radius 1 is 1.05 bits per heavy atom. The van der Waals surface area contributed by atoms with Crippen molar-refractivity contribution in [1.29, 1.82) is 0 Å². The molecule has 0 unspecified atom stereocenters. The molecule has 1 aliphatic heterocycles. The van der Waals surface area contributed by atoms with Crippen molar-refractivity contribution in [3.05, 3.63) is 17.7 Å². The lowest BCUT2D eigenvalue weighted by Gasteiger charge is -2.28. The first-order chi connectivity index (χ1) is 9.71. The summed E-state index contributed by atoms with van der Waals surface area (Å²) in [4.78, 5) is 0. The van der Waals surface area contributed by atoms with Gasteiger partial charge in [-0.05, 0) is 36.5 Å². The molecule has 120 valence electrons. The fraction of sp³-hybridized carbons (Fsp3) is 0.600. The Kier molecular flexibility index (Phi) is 7.08. The Balaban J connectivity index is 0.00000220. The van der Waals surface area contributed by atoms with E-state index in [4.69, 9.17) is 24.7 Å². The molecular weight excluding hydrogens is 294 g/mol. The van der Waals surface area contributed by atoms with Gasteiger partial charge in [-0.2, -0.15) is 0 Å². The molecule has 1 aliphatic rings. The summed E-state index contributed by atoms with van der Waals surface area (Å²) in [5, 5.41) is 0. The van der Waals surface area contributed by atoms with E-state index in [0.29, 0.717) is 23.2 Å². The maximum absolute atomic E-state index is 6.40. The van der Waals surface area contributed by atoms with Crippen molar-refractivity contribution < 1.29 is 18.9 Å². The molecule has 5 nitrogen and oxygen atoms in total. The lowest BCUT2D eigenvalue weighted by molar-refractivity contribution is 0.0583. The highest BCUT2D eigenvalue weighted by atomic mass is 35.5. The molecule has 2 rings (SSSR count). The van der Waals surface area contributed by atoms with Crippen molar-refractivity contribution in [1.82, 2.24) is 0 Å². The van der Waals surface area contributed by atoms with E-state index < -0.39 is 0 Å². The highest BCUT2D eigenvalue weighted by Gasteiger charge is 2.24. The van der Waals surface area contributed by atoms with E-state index in [1.807, 2.05) is 12.1 Å². The number of ether oxygens (including phenoxy) is 4. The van der Waals surface area contributed by atoms with Gasteiger partial charge in [0.05, 0.1) is 21.3 Å². The van der Waals surface area contributed by atoms with Crippen LogP contribution in [0.2, 0.25) is 0 Å². The molecule has 6 heteroatoms. The summed E-state index contributed by atoms with van der Waals surface area (Å²) < 4.78 is 21.5. The Morgan fingerprint density at radius 3 is 2.00 bits per heavy atom. The summed E-state index contributed by atoms with van der Waals surface area (Å²) >= 11 is 0. The van der Waals surface area contributed by atoms with Gasteiger partial charge < -0.3 is 24.7 Å². The van der Waals surface area contributed by atoms with Gasteiger partial charge in [0.2, 0.25) is 5.75 Å². The second kappa shape index (κ2) is 8.32.